The van der Waals surface area contributed by atoms with Crippen molar-refractivity contribution in [1.82, 2.24) is 0 Å². The van der Waals surface area contributed by atoms with Crippen LogP contribution >= 0.6 is 0 Å². The van der Waals surface area contributed by atoms with E-state index in [0.29, 0.717) is 0 Å². The minimum Gasteiger partial charge on any atom is -0.207 e. The SMILES string of the molecule is Cc1cc(F)c2c(c1)CCC2. The zero-order valence-electron chi connectivity index (χ0n) is 6.65. The smallest absolute Gasteiger partial charge is 0.126 e. The Labute approximate surface area is 66.1 Å². The Morgan fingerprint density at radius 1 is 1.27 bits per heavy atom. The number of aryl methyl sites for hydroxylation is 2. The van der Waals surface area contributed by atoms with Crippen LogP contribution in [0.25, 0.3) is 0 Å². The average Bonchev–Trinajstić information content (AvgIpc) is 2.34. The summed E-state index contributed by atoms with van der Waals surface area (Å²) in [6, 6.07) is 3.73. The molecule has 0 bridgehead atoms. The molecule has 0 unspecified atom stereocenters. The molecule has 1 aromatic carbocycles. The van der Waals surface area contributed by atoms with Gasteiger partial charge in [0.2, 0.25) is 0 Å². The van der Waals surface area contributed by atoms with E-state index in [4.69, 9.17) is 0 Å². The van der Waals surface area contributed by atoms with Crippen LogP contribution in [-0.4, -0.2) is 0 Å². The fourth-order valence-corrected chi connectivity index (χ4v) is 1.80. The van der Waals surface area contributed by atoms with Crippen LogP contribution < -0.4 is 0 Å². The predicted molar refractivity (Wildman–Crippen MR) is 43.2 cm³/mol. The summed E-state index contributed by atoms with van der Waals surface area (Å²) in [6.07, 6.45) is 3.12. The van der Waals surface area contributed by atoms with Gasteiger partial charge in [-0.2, -0.15) is 0 Å². The van der Waals surface area contributed by atoms with E-state index in [1.807, 2.05) is 6.92 Å². The van der Waals surface area contributed by atoms with E-state index in [2.05, 4.69) is 6.07 Å². The largest absolute Gasteiger partial charge is 0.207 e. The monoisotopic (exact) mass is 150 g/mol. The van der Waals surface area contributed by atoms with Gasteiger partial charge < -0.3 is 0 Å². The first kappa shape index (κ1) is 6.84. The molecule has 1 aliphatic carbocycles. The highest BCUT2D eigenvalue weighted by Crippen LogP contribution is 2.25. The molecule has 1 heteroatoms. The highest BCUT2D eigenvalue weighted by molar-refractivity contribution is 5.35. The molecule has 0 saturated heterocycles. The Morgan fingerprint density at radius 2 is 2.09 bits per heavy atom. The molecule has 2 rings (SSSR count). The van der Waals surface area contributed by atoms with Crippen molar-refractivity contribution < 1.29 is 4.39 Å². The number of fused-ring (bicyclic) bond motifs is 1. The first-order chi connectivity index (χ1) is 5.27. The lowest BCUT2D eigenvalue weighted by Gasteiger charge is -2.01. The van der Waals surface area contributed by atoms with Gasteiger partial charge in [-0.15, -0.1) is 0 Å². The maximum atomic E-state index is 13.2. The summed E-state index contributed by atoms with van der Waals surface area (Å²) in [5, 5.41) is 0. The molecule has 0 nitrogen and oxygen atoms in total. The Balaban J connectivity index is 2.60. The second-order valence-electron chi connectivity index (χ2n) is 3.24. The van der Waals surface area contributed by atoms with Crippen LogP contribution in [0.15, 0.2) is 12.1 Å². The van der Waals surface area contributed by atoms with Crippen LogP contribution in [0.1, 0.15) is 23.1 Å². The summed E-state index contributed by atoms with van der Waals surface area (Å²) in [5.41, 5.74) is 3.22. The fraction of sp³-hybridized carbons (Fsp3) is 0.400. The van der Waals surface area contributed by atoms with Crippen molar-refractivity contribution in [3.63, 3.8) is 0 Å². The number of halogens is 1. The van der Waals surface area contributed by atoms with E-state index >= 15 is 0 Å². The van der Waals surface area contributed by atoms with Gasteiger partial charge in [-0.1, -0.05) is 6.07 Å². The van der Waals surface area contributed by atoms with Crippen molar-refractivity contribution in [3.8, 4) is 0 Å². The molecule has 11 heavy (non-hydrogen) atoms. The maximum absolute atomic E-state index is 13.2. The van der Waals surface area contributed by atoms with Crippen LogP contribution in [0.4, 0.5) is 4.39 Å². The lowest BCUT2D eigenvalue weighted by Crippen LogP contribution is -1.89. The Hall–Kier alpha value is -0.850. The Morgan fingerprint density at radius 3 is 2.91 bits per heavy atom. The van der Waals surface area contributed by atoms with E-state index < -0.39 is 0 Å². The van der Waals surface area contributed by atoms with Gasteiger partial charge in [-0.05, 0) is 48.9 Å². The van der Waals surface area contributed by atoms with Crippen molar-refractivity contribution in [2.75, 3.05) is 0 Å². The highest BCUT2D eigenvalue weighted by atomic mass is 19.1. The normalized spacial score (nSPS) is 15.1. The third-order valence-electron chi connectivity index (χ3n) is 2.31. The first-order valence-corrected chi connectivity index (χ1v) is 4.05. The van der Waals surface area contributed by atoms with Crippen molar-refractivity contribution in [3.05, 3.63) is 34.6 Å². The van der Waals surface area contributed by atoms with Crippen LogP contribution in [-0.2, 0) is 12.8 Å². The quantitative estimate of drug-likeness (QED) is 0.533. The highest BCUT2D eigenvalue weighted by Gasteiger charge is 2.14. The number of hydrogen-bond acceptors (Lipinski definition) is 0. The van der Waals surface area contributed by atoms with Gasteiger partial charge in [0.05, 0.1) is 0 Å². The molecule has 1 aliphatic rings. The lowest BCUT2D eigenvalue weighted by atomic mass is 10.1. The van der Waals surface area contributed by atoms with E-state index in [1.54, 1.807) is 6.07 Å². The molecule has 0 radical (unpaired) electrons. The summed E-state index contributed by atoms with van der Waals surface area (Å²) in [5.74, 6) is -0.00231. The Bertz CT molecular complexity index is 289. The van der Waals surface area contributed by atoms with E-state index in [1.165, 1.54) is 5.56 Å². The molecule has 0 atom stereocenters. The predicted octanol–water partition coefficient (Wildman–Crippen LogP) is 2.62. The lowest BCUT2D eigenvalue weighted by molar-refractivity contribution is 0.611. The molecule has 0 spiro atoms. The van der Waals surface area contributed by atoms with Gasteiger partial charge in [0.15, 0.2) is 0 Å². The van der Waals surface area contributed by atoms with Crippen molar-refractivity contribution in [2.45, 2.75) is 26.2 Å². The molecule has 58 valence electrons. The van der Waals surface area contributed by atoms with Gasteiger partial charge in [0.25, 0.3) is 0 Å². The third kappa shape index (κ3) is 1.05. The zero-order chi connectivity index (χ0) is 7.84. The second kappa shape index (κ2) is 2.33. The average molecular weight is 150 g/mol. The van der Waals surface area contributed by atoms with Crippen LogP contribution in [0.5, 0.6) is 0 Å². The molecule has 0 saturated carbocycles. The summed E-state index contributed by atoms with van der Waals surface area (Å²) < 4.78 is 13.2. The van der Waals surface area contributed by atoms with Crippen molar-refractivity contribution in [1.29, 1.82) is 0 Å². The van der Waals surface area contributed by atoms with Crippen LogP contribution in [0, 0.1) is 12.7 Å². The van der Waals surface area contributed by atoms with Crippen molar-refractivity contribution in [2.24, 2.45) is 0 Å². The van der Waals surface area contributed by atoms with Gasteiger partial charge in [-0.3, -0.25) is 0 Å². The molecule has 0 N–H and O–H groups in total. The number of benzene rings is 1. The minimum absolute atomic E-state index is 0.00231. The second-order valence-corrected chi connectivity index (χ2v) is 3.24. The Kier molecular flexibility index (Phi) is 1.45. The first-order valence-electron chi connectivity index (χ1n) is 4.05. The van der Waals surface area contributed by atoms with Crippen LogP contribution in [0.2, 0.25) is 0 Å². The van der Waals surface area contributed by atoms with E-state index in [9.17, 15) is 4.39 Å². The van der Waals surface area contributed by atoms with E-state index in [-0.39, 0.29) is 5.82 Å². The molecule has 0 heterocycles. The summed E-state index contributed by atoms with van der Waals surface area (Å²) in [6.45, 7) is 1.95. The maximum Gasteiger partial charge on any atom is 0.126 e. The molecule has 0 fully saturated rings. The summed E-state index contributed by atoms with van der Waals surface area (Å²) in [7, 11) is 0. The standard InChI is InChI=1S/C10H11F/c1-7-5-8-3-2-4-9(8)10(11)6-7/h5-6H,2-4H2,1H3. The topological polar surface area (TPSA) is 0 Å². The number of rotatable bonds is 0. The molecule has 0 aromatic heterocycles. The van der Waals surface area contributed by atoms with Gasteiger partial charge in [0.1, 0.15) is 5.82 Å². The van der Waals surface area contributed by atoms with Gasteiger partial charge in [-0.25, -0.2) is 4.39 Å². The number of hydrogen-bond donors (Lipinski definition) is 0. The summed E-state index contributed by atoms with van der Waals surface area (Å²) in [4.78, 5) is 0. The molecule has 0 aliphatic heterocycles. The van der Waals surface area contributed by atoms with Gasteiger partial charge >= 0.3 is 0 Å². The van der Waals surface area contributed by atoms with Gasteiger partial charge in [0, 0.05) is 0 Å². The summed E-state index contributed by atoms with van der Waals surface area (Å²) >= 11 is 0. The molecule has 1 aromatic rings. The minimum atomic E-state index is -0.00231. The van der Waals surface area contributed by atoms with Crippen molar-refractivity contribution >= 4 is 0 Å². The van der Waals surface area contributed by atoms with E-state index in [0.717, 1.165) is 30.4 Å². The molecular weight excluding hydrogens is 139 g/mol. The fourth-order valence-electron chi connectivity index (χ4n) is 1.80. The van der Waals surface area contributed by atoms with Crippen LogP contribution in [0.3, 0.4) is 0 Å². The zero-order valence-corrected chi connectivity index (χ0v) is 6.65. The third-order valence-corrected chi connectivity index (χ3v) is 2.31. The molecular formula is C10H11F. The molecule has 0 amide bonds.